The molecule has 0 saturated heterocycles. The number of nitrogens with one attached hydrogen (secondary N) is 1. The Morgan fingerprint density at radius 1 is 1.26 bits per heavy atom. The standard InChI is InChI=1S/C19H21F3N2O2S/c20-19(21,22)15-6-4-14(5-7-15)18-24-16(12-27-18)10-17(25)23-8-1-9-26-11-13-2-3-13/h4-7,12-13H,1-3,8-11H2,(H,23,25). The van der Waals surface area contributed by atoms with Crippen LogP contribution in [0.15, 0.2) is 29.6 Å². The molecule has 1 fully saturated rings. The summed E-state index contributed by atoms with van der Waals surface area (Å²) in [7, 11) is 0. The van der Waals surface area contributed by atoms with Crippen LogP contribution >= 0.6 is 11.3 Å². The number of amides is 1. The van der Waals surface area contributed by atoms with Crippen molar-refractivity contribution >= 4 is 17.2 Å². The van der Waals surface area contributed by atoms with E-state index in [-0.39, 0.29) is 12.3 Å². The van der Waals surface area contributed by atoms with Gasteiger partial charge in [-0.15, -0.1) is 11.3 Å². The first-order valence-electron chi connectivity index (χ1n) is 8.88. The normalized spacial score (nSPS) is 14.3. The number of halogens is 3. The van der Waals surface area contributed by atoms with E-state index in [1.54, 1.807) is 5.38 Å². The fourth-order valence-corrected chi connectivity index (χ4v) is 3.31. The van der Waals surface area contributed by atoms with Crippen LogP contribution in [0.2, 0.25) is 0 Å². The molecular weight excluding hydrogens is 377 g/mol. The molecule has 1 aromatic heterocycles. The highest BCUT2D eigenvalue weighted by Crippen LogP contribution is 2.32. The van der Waals surface area contributed by atoms with Crippen molar-refractivity contribution in [3.63, 3.8) is 0 Å². The summed E-state index contributed by atoms with van der Waals surface area (Å²) in [6.07, 6.45) is -0.905. The second-order valence-electron chi connectivity index (χ2n) is 6.62. The Morgan fingerprint density at radius 3 is 2.67 bits per heavy atom. The fourth-order valence-electron chi connectivity index (χ4n) is 2.49. The monoisotopic (exact) mass is 398 g/mol. The zero-order valence-corrected chi connectivity index (χ0v) is 15.5. The van der Waals surface area contributed by atoms with Gasteiger partial charge in [-0.3, -0.25) is 4.79 Å². The van der Waals surface area contributed by atoms with Crippen molar-refractivity contribution in [1.29, 1.82) is 0 Å². The largest absolute Gasteiger partial charge is 0.416 e. The number of thiazole rings is 1. The lowest BCUT2D eigenvalue weighted by Crippen LogP contribution is -2.27. The highest BCUT2D eigenvalue weighted by atomic mass is 32.1. The third-order valence-corrected chi connectivity index (χ3v) is 5.13. The van der Waals surface area contributed by atoms with E-state index in [1.165, 1.54) is 36.3 Å². The molecule has 0 spiro atoms. The smallest absolute Gasteiger partial charge is 0.381 e. The molecule has 0 aliphatic heterocycles. The lowest BCUT2D eigenvalue weighted by Gasteiger charge is -2.06. The second-order valence-corrected chi connectivity index (χ2v) is 7.48. The number of carbonyl (C=O) groups is 1. The molecule has 1 heterocycles. The third-order valence-electron chi connectivity index (χ3n) is 4.19. The summed E-state index contributed by atoms with van der Waals surface area (Å²) in [4.78, 5) is 16.3. The molecule has 1 N–H and O–H groups in total. The molecule has 2 aromatic rings. The van der Waals surface area contributed by atoms with E-state index in [9.17, 15) is 18.0 Å². The topological polar surface area (TPSA) is 51.2 Å². The van der Waals surface area contributed by atoms with Crippen LogP contribution in [0.4, 0.5) is 13.2 Å². The zero-order chi connectivity index (χ0) is 19.3. The van der Waals surface area contributed by atoms with Crippen molar-refractivity contribution in [3.8, 4) is 10.6 Å². The predicted molar refractivity (Wildman–Crippen MR) is 97.4 cm³/mol. The average Bonchev–Trinajstić information content (AvgIpc) is 3.34. The van der Waals surface area contributed by atoms with Gasteiger partial charge in [0.05, 0.1) is 17.7 Å². The van der Waals surface area contributed by atoms with E-state index in [0.717, 1.165) is 31.1 Å². The first-order valence-corrected chi connectivity index (χ1v) is 9.76. The second kappa shape index (κ2) is 8.84. The number of ether oxygens (including phenoxy) is 1. The first-order chi connectivity index (χ1) is 12.9. The van der Waals surface area contributed by atoms with Gasteiger partial charge in [0.2, 0.25) is 5.91 Å². The van der Waals surface area contributed by atoms with Crippen LogP contribution in [0.3, 0.4) is 0 Å². The lowest BCUT2D eigenvalue weighted by molar-refractivity contribution is -0.137. The lowest BCUT2D eigenvalue weighted by atomic mass is 10.1. The molecule has 3 rings (SSSR count). The SMILES string of the molecule is O=C(Cc1csc(-c2ccc(C(F)(F)F)cc2)n1)NCCCOCC1CC1. The Labute approximate surface area is 159 Å². The Hall–Kier alpha value is -1.93. The molecule has 0 radical (unpaired) electrons. The number of alkyl halides is 3. The zero-order valence-electron chi connectivity index (χ0n) is 14.7. The number of rotatable bonds is 9. The van der Waals surface area contributed by atoms with Gasteiger partial charge in [0, 0.05) is 30.7 Å². The summed E-state index contributed by atoms with van der Waals surface area (Å²) in [6, 6.07) is 4.86. The van der Waals surface area contributed by atoms with Gasteiger partial charge in [0.25, 0.3) is 0 Å². The van der Waals surface area contributed by atoms with Gasteiger partial charge in [-0.1, -0.05) is 12.1 Å². The van der Waals surface area contributed by atoms with Gasteiger partial charge in [-0.2, -0.15) is 13.2 Å². The minimum atomic E-state index is -4.35. The van der Waals surface area contributed by atoms with Crippen molar-refractivity contribution in [1.82, 2.24) is 10.3 Å². The summed E-state index contributed by atoms with van der Waals surface area (Å²) < 4.78 is 43.3. The average molecular weight is 398 g/mol. The molecule has 4 nitrogen and oxygen atoms in total. The van der Waals surface area contributed by atoms with Crippen LogP contribution in [-0.4, -0.2) is 30.6 Å². The maximum atomic E-state index is 12.6. The number of hydrogen-bond acceptors (Lipinski definition) is 4. The van der Waals surface area contributed by atoms with E-state index in [4.69, 9.17) is 4.74 Å². The maximum Gasteiger partial charge on any atom is 0.416 e. The Morgan fingerprint density at radius 2 is 2.00 bits per heavy atom. The van der Waals surface area contributed by atoms with E-state index < -0.39 is 11.7 Å². The van der Waals surface area contributed by atoms with E-state index in [1.807, 2.05) is 0 Å². The summed E-state index contributed by atoms with van der Waals surface area (Å²) in [6.45, 7) is 2.02. The fraction of sp³-hybridized carbons (Fsp3) is 0.474. The van der Waals surface area contributed by atoms with Crippen molar-refractivity contribution in [2.75, 3.05) is 19.8 Å². The predicted octanol–water partition coefficient (Wildman–Crippen LogP) is 4.30. The maximum absolute atomic E-state index is 12.6. The molecule has 0 atom stereocenters. The van der Waals surface area contributed by atoms with Gasteiger partial charge in [0.1, 0.15) is 5.01 Å². The van der Waals surface area contributed by atoms with Crippen molar-refractivity contribution in [2.24, 2.45) is 5.92 Å². The summed E-state index contributed by atoms with van der Waals surface area (Å²) in [5.74, 6) is 0.615. The molecule has 27 heavy (non-hydrogen) atoms. The number of benzene rings is 1. The Kier molecular flexibility index (Phi) is 6.49. The van der Waals surface area contributed by atoms with Gasteiger partial charge >= 0.3 is 6.18 Å². The van der Waals surface area contributed by atoms with Crippen LogP contribution in [0.25, 0.3) is 10.6 Å². The van der Waals surface area contributed by atoms with Gasteiger partial charge in [-0.05, 0) is 37.3 Å². The molecule has 1 saturated carbocycles. The highest BCUT2D eigenvalue weighted by molar-refractivity contribution is 7.13. The van der Waals surface area contributed by atoms with Crippen LogP contribution < -0.4 is 5.32 Å². The first kappa shape index (κ1) is 19.8. The number of carbonyl (C=O) groups excluding carboxylic acids is 1. The molecule has 1 aromatic carbocycles. The summed E-state index contributed by atoms with van der Waals surface area (Å²) >= 11 is 1.31. The molecule has 0 bridgehead atoms. The van der Waals surface area contributed by atoms with Crippen molar-refractivity contribution in [3.05, 3.63) is 40.9 Å². The van der Waals surface area contributed by atoms with Gasteiger partial charge in [0.15, 0.2) is 0 Å². The molecule has 8 heteroatoms. The summed E-state index contributed by atoms with van der Waals surface area (Å²) in [5, 5.41) is 5.18. The van der Waals surface area contributed by atoms with E-state index in [0.29, 0.717) is 29.4 Å². The van der Waals surface area contributed by atoms with Crippen molar-refractivity contribution in [2.45, 2.75) is 31.9 Å². The summed E-state index contributed by atoms with van der Waals surface area (Å²) in [5.41, 5.74) is 0.522. The quantitative estimate of drug-likeness (QED) is 0.641. The molecular formula is C19H21F3N2O2S. The highest BCUT2D eigenvalue weighted by Gasteiger charge is 2.30. The van der Waals surface area contributed by atoms with Crippen molar-refractivity contribution < 1.29 is 22.7 Å². The number of aromatic nitrogens is 1. The van der Waals surface area contributed by atoms with E-state index in [2.05, 4.69) is 10.3 Å². The van der Waals surface area contributed by atoms with Gasteiger partial charge < -0.3 is 10.1 Å². The minimum absolute atomic E-state index is 0.124. The number of hydrogen-bond donors (Lipinski definition) is 1. The van der Waals surface area contributed by atoms with Gasteiger partial charge in [-0.25, -0.2) is 4.98 Å². The Balaban J connectivity index is 1.42. The third kappa shape index (κ3) is 6.32. The van der Waals surface area contributed by atoms with Crippen LogP contribution in [0.5, 0.6) is 0 Å². The van der Waals surface area contributed by atoms with E-state index >= 15 is 0 Å². The molecule has 1 aliphatic carbocycles. The molecule has 0 unspecified atom stereocenters. The van der Waals surface area contributed by atoms with Crippen LogP contribution in [-0.2, 0) is 22.1 Å². The molecule has 1 amide bonds. The number of nitrogens with zero attached hydrogens (tertiary/aromatic N) is 1. The van der Waals surface area contributed by atoms with Crippen LogP contribution in [0, 0.1) is 5.92 Å². The molecule has 1 aliphatic rings. The minimum Gasteiger partial charge on any atom is -0.381 e. The molecule has 146 valence electrons. The Bertz CT molecular complexity index is 755. The van der Waals surface area contributed by atoms with Crippen LogP contribution in [0.1, 0.15) is 30.5 Å².